The number of benzene rings is 4. The maximum atomic E-state index is 4.78. The van der Waals surface area contributed by atoms with Gasteiger partial charge in [0.25, 0.3) is 0 Å². The first-order chi connectivity index (χ1) is 18.3. The zero-order chi connectivity index (χ0) is 24.6. The number of pyridine rings is 1. The second-order valence-electron chi connectivity index (χ2n) is 9.52. The van der Waals surface area contributed by atoms with Crippen molar-refractivity contribution >= 4 is 40.7 Å². The minimum absolute atomic E-state index is 1.06. The van der Waals surface area contributed by atoms with Crippen LogP contribution in [0.4, 0.5) is 0 Å². The van der Waals surface area contributed by atoms with Gasteiger partial charge >= 0.3 is 228 Å². The van der Waals surface area contributed by atoms with E-state index in [1.165, 1.54) is 48.6 Å². The van der Waals surface area contributed by atoms with E-state index < -0.39 is 22.1 Å². The van der Waals surface area contributed by atoms with Crippen molar-refractivity contribution in [2.24, 2.45) is 0 Å². The molecule has 2 aliphatic heterocycles. The van der Waals surface area contributed by atoms with Gasteiger partial charge in [0.2, 0.25) is 0 Å². The average molecular weight is 670 g/mol. The molecule has 0 saturated heterocycles. The molecule has 0 spiro atoms. The number of hydrogen-bond acceptors (Lipinski definition) is 1. The van der Waals surface area contributed by atoms with Crippen molar-refractivity contribution in [1.29, 1.82) is 0 Å². The van der Waals surface area contributed by atoms with E-state index in [1.807, 2.05) is 6.20 Å². The van der Waals surface area contributed by atoms with Crippen molar-refractivity contribution < 1.29 is 0 Å². The molecule has 0 unspecified atom stereocenters. The van der Waals surface area contributed by atoms with Crippen LogP contribution >= 0.6 is 0 Å². The fourth-order valence-corrected chi connectivity index (χ4v) is 15.2. The molecule has 4 aromatic carbocycles. The van der Waals surface area contributed by atoms with E-state index in [2.05, 4.69) is 127 Å². The molecule has 0 aliphatic carbocycles. The van der Waals surface area contributed by atoms with Crippen molar-refractivity contribution in [3.63, 3.8) is 0 Å². The molecule has 5 aromatic rings. The Morgan fingerprint density at radius 2 is 1.30 bits per heavy atom. The molecule has 2 heteroatoms. The number of nitrogens with zero attached hydrogens (tertiary/aromatic N) is 1. The molecule has 2 aliphatic rings. The molecule has 37 heavy (non-hydrogen) atoms. The Balaban J connectivity index is 1.32. The summed E-state index contributed by atoms with van der Waals surface area (Å²) in [6.45, 7) is 0. The second kappa shape index (κ2) is 9.70. The zero-order valence-corrected chi connectivity index (χ0v) is 23.6. The first-order valence-electron chi connectivity index (χ1n) is 12.8. The van der Waals surface area contributed by atoms with Crippen LogP contribution in [0.5, 0.6) is 0 Å². The van der Waals surface area contributed by atoms with Crippen LogP contribution in [0, 0.1) is 0 Å². The van der Waals surface area contributed by atoms with Crippen LogP contribution in [0.25, 0.3) is 40.9 Å². The molecular formula is C35H26NPo. The summed E-state index contributed by atoms with van der Waals surface area (Å²) in [5, 5.41) is 0. The molecule has 1 nitrogen and oxygen atoms in total. The van der Waals surface area contributed by atoms with Crippen LogP contribution in [0.1, 0.15) is 27.9 Å². The van der Waals surface area contributed by atoms with Gasteiger partial charge in [0, 0.05) is 0 Å². The molecule has 1 aromatic heterocycles. The summed E-state index contributed by atoms with van der Waals surface area (Å²) in [7, 11) is 0. The third-order valence-corrected chi connectivity index (χ3v) is 16.4. The van der Waals surface area contributed by atoms with Gasteiger partial charge in [-0.3, -0.25) is 0 Å². The van der Waals surface area contributed by atoms with Crippen molar-refractivity contribution in [2.75, 3.05) is 0 Å². The molecule has 0 atom stereocenters. The second-order valence-corrected chi connectivity index (χ2v) is 17.6. The molecule has 1 radical (unpaired) electrons. The summed E-state index contributed by atoms with van der Waals surface area (Å²) in [4.78, 5) is 4.78. The Hall–Kier alpha value is -3.59. The number of aryl methyl sites for hydroxylation is 1. The van der Waals surface area contributed by atoms with E-state index in [0.29, 0.717) is 0 Å². The van der Waals surface area contributed by atoms with E-state index in [0.717, 1.165) is 12.1 Å². The van der Waals surface area contributed by atoms with Gasteiger partial charge in [0.1, 0.15) is 0 Å². The molecule has 0 saturated carbocycles. The van der Waals surface area contributed by atoms with Crippen molar-refractivity contribution in [1.82, 2.24) is 4.98 Å². The quantitative estimate of drug-likeness (QED) is 0.188. The molecular weight excluding hydrogens is 643 g/mol. The summed E-state index contributed by atoms with van der Waals surface area (Å²) < 4.78 is 4.50. The first-order valence-corrected chi connectivity index (χ1v) is 18.2. The van der Waals surface area contributed by atoms with E-state index in [9.17, 15) is 0 Å². The van der Waals surface area contributed by atoms with Crippen LogP contribution in [-0.4, -0.2) is 27.1 Å². The van der Waals surface area contributed by atoms with Crippen LogP contribution in [0.2, 0.25) is 4.08 Å². The molecule has 0 amide bonds. The Kier molecular flexibility index (Phi) is 5.92. The summed E-state index contributed by atoms with van der Waals surface area (Å²) in [6.07, 6.45) is 8.05. The number of rotatable bonds is 3. The normalized spacial score (nSPS) is 15.5. The first kappa shape index (κ1) is 22.6. The fraction of sp³-hybridized carbons (Fsp3) is 0.0571. The predicted octanol–water partition coefficient (Wildman–Crippen LogP) is 8.64. The van der Waals surface area contributed by atoms with Crippen molar-refractivity contribution in [3.8, 4) is 22.3 Å². The number of fused-ring (bicyclic) bond motifs is 4. The van der Waals surface area contributed by atoms with Gasteiger partial charge in [-0.1, -0.05) is 0 Å². The van der Waals surface area contributed by atoms with Gasteiger partial charge in [-0.05, 0) is 0 Å². The summed E-state index contributed by atoms with van der Waals surface area (Å²) in [5.74, 6) is 0. The Morgan fingerprint density at radius 3 is 2.05 bits per heavy atom. The third kappa shape index (κ3) is 4.31. The van der Waals surface area contributed by atoms with Crippen LogP contribution in [0.15, 0.2) is 121 Å². The van der Waals surface area contributed by atoms with Crippen LogP contribution in [-0.2, 0) is 6.42 Å². The van der Waals surface area contributed by atoms with Gasteiger partial charge < -0.3 is 0 Å². The van der Waals surface area contributed by atoms with Gasteiger partial charge in [-0.25, -0.2) is 0 Å². The topological polar surface area (TPSA) is 12.9 Å². The molecule has 0 bridgehead atoms. The number of hydrogen-bond donors (Lipinski definition) is 0. The SMILES string of the molecule is C1=[C]2c3ccccc3/[C](=C/c3cc(-c4ccccc4)ccn3)[Po]2[CH2]Cc2ccc(-c3ccccc3)cc21. The summed E-state index contributed by atoms with van der Waals surface area (Å²) in [5.41, 5.74) is 11.8. The molecule has 0 fully saturated rings. The van der Waals surface area contributed by atoms with E-state index in [-0.39, 0.29) is 0 Å². The molecule has 3 heterocycles. The Bertz CT molecular complexity index is 1650. The van der Waals surface area contributed by atoms with E-state index in [4.69, 9.17) is 4.98 Å². The number of aromatic nitrogens is 1. The Morgan fingerprint density at radius 1 is 0.622 bits per heavy atom. The molecule has 177 valence electrons. The van der Waals surface area contributed by atoms with Crippen LogP contribution in [0.3, 0.4) is 0 Å². The van der Waals surface area contributed by atoms with Gasteiger partial charge in [-0.15, -0.1) is 0 Å². The Labute approximate surface area is 226 Å². The van der Waals surface area contributed by atoms with Gasteiger partial charge in [0.05, 0.1) is 0 Å². The van der Waals surface area contributed by atoms with Crippen molar-refractivity contribution in [3.05, 3.63) is 149 Å². The van der Waals surface area contributed by atoms with Gasteiger partial charge in [-0.2, -0.15) is 0 Å². The zero-order valence-electron chi connectivity index (χ0n) is 20.5. The van der Waals surface area contributed by atoms with Crippen LogP contribution < -0.4 is 0 Å². The standard InChI is InChI=1S/C35H26N.Po/c1-2-27-17-19-33(28-11-5-3-6-12-28)25-32(27)20-18-30-15-9-10-16-31(30)21-22-35-26-34(23-24-36-35)29-13-7-4-8-14-29;/h3-17,19-20,22-26H,1-2H2;. The summed E-state index contributed by atoms with van der Waals surface area (Å²) in [6, 6.07) is 41.8. The molecule has 0 N–H and O–H groups in total. The third-order valence-electron chi connectivity index (χ3n) is 7.27. The van der Waals surface area contributed by atoms with Crippen molar-refractivity contribution in [2.45, 2.75) is 10.5 Å². The summed E-state index contributed by atoms with van der Waals surface area (Å²) >= 11 is -2.09. The molecule has 7 rings (SSSR count). The van der Waals surface area contributed by atoms with Gasteiger partial charge in [0.15, 0.2) is 0 Å². The monoisotopic (exact) mass is 669 g/mol. The van der Waals surface area contributed by atoms with E-state index in [1.54, 1.807) is 6.46 Å². The predicted molar refractivity (Wildman–Crippen MR) is 158 cm³/mol. The fourth-order valence-electron chi connectivity index (χ4n) is 5.41. The average Bonchev–Trinajstić information content (AvgIpc) is 3.12. The maximum absolute atomic E-state index is 4.78. The minimum atomic E-state index is -2.09. The van der Waals surface area contributed by atoms with E-state index >= 15 is 0 Å².